The Morgan fingerprint density at radius 3 is 2.15 bits per heavy atom. The summed E-state index contributed by atoms with van der Waals surface area (Å²) < 4.78 is 50.1. The summed E-state index contributed by atoms with van der Waals surface area (Å²) in [6.45, 7) is 4.05. The minimum absolute atomic E-state index is 0.00726. The van der Waals surface area contributed by atoms with Gasteiger partial charge in [-0.3, -0.25) is 0 Å². The molecule has 1 aromatic rings. The molecule has 0 aliphatic rings. The molecule has 1 rings (SSSR count). The molecule has 0 saturated carbocycles. The number of ether oxygens (including phenoxy) is 2. The monoisotopic (exact) mass is 374 g/mol. The van der Waals surface area contributed by atoms with E-state index >= 15 is 0 Å². The van der Waals surface area contributed by atoms with Gasteiger partial charge in [0.05, 0.1) is 5.56 Å². The van der Waals surface area contributed by atoms with E-state index in [0.29, 0.717) is 12.0 Å². The molecule has 0 fully saturated rings. The molecule has 150 valence electrons. The Bertz CT molecular complexity index is 510. The number of hydrogen-bond acceptors (Lipinski definition) is 2. The van der Waals surface area contributed by atoms with Gasteiger partial charge >= 0.3 is 6.18 Å². The molecule has 0 N–H and O–H groups in total. The number of unbranched alkanes of at least 4 members (excludes halogenated alkanes) is 5. The van der Waals surface area contributed by atoms with Gasteiger partial charge in [-0.05, 0) is 31.4 Å². The Morgan fingerprint density at radius 2 is 1.58 bits per heavy atom. The Labute approximate surface area is 156 Å². The molecule has 0 aromatic heterocycles. The number of benzene rings is 1. The normalized spacial score (nSPS) is 13.8. The lowest BCUT2D eigenvalue weighted by molar-refractivity contribution is -0.228. The van der Waals surface area contributed by atoms with Crippen molar-refractivity contribution in [1.82, 2.24) is 0 Å². The first kappa shape index (κ1) is 23.0. The van der Waals surface area contributed by atoms with E-state index in [1.54, 1.807) is 20.3 Å². The van der Waals surface area contributed by atoms with Crippen molar-refractivity contribution in [2.75, 3.05) is 14.2 Å². The topological polar surface area (TPSA) is 18.5 Å². The third-order valence-electron chi connectivity index (χ3n) is 5.19. The SMILES string of the molecule is CCCCCCCCC(Cc1cccc(C(F)(F)F)c1)C(C)(OC)OC. The molecule has 1 unspecified atom stereocenters. The lowest BCUT2D eigenvalue weighted by Gasteiger charge is -2.35. The molecule has 26 heavy (non-hydrogen) atoms. The van der Waals surface area contributed by atoms with Gasteiger partial charge < -0.3 is 9.47 Å². The van der Waals surface area contributed by atoms with E-state index in [4.69, 9.17) is 9.47 Å². The van der Waals surface area contributed by atoms with Crippen LogP contribution in [0.4, 0.5) is 13.2 Å². The summed E-state index contributed by atoms with van der Waals surface area (Å²) in [4.78, 5) is 0. The first-order valence-electron chi connectivity index (χ1n) is 9.53. The molecular weight excluding hydrogens is 341 g/mol. The average molecular weight is 374 g/mol. The maximum Gasteiger partial charge on any atom is 0.416 e. The standard InChI is InChI=1S/C21H33F3O2/c1-5-6-7-8-9-10-13-18(20(2,25-3)26-4)15-17-12-11-14-19(16-17)21(22,23)24/h11-12,14,16,18H,5-10,13,15H2,1-4H3. The fourth-order valence-corrected chi connectivity index (χ4v) is 3.30. The highest BCUT2D eigenvalue weighted by Crippen LogP contribution is 2.33. The molecule has 0 bridgehead atoms. The molecule has 0 aliphatic heterocycles. The van der Waals surface area contributed by atoms with E-state index in [0.717, 1.165) is 25.3 Å². The van der Waals surface area contributed by atoms with Gasteiger partial charge in [0.1, 0.15) is 0 Å². The molecule has 0 heterocycles. The number of hydrogen-bond donors (Lipinski definition) is 0. The second-order valence-electron chi connectivity index (χ2n) is 7.08. The zero-order valence-corrected chi connectivity index (χ0v) is 16.5. The van der Waals surface area contributed by atoms with Crippen molar-refractivity contribution in [3.8, 4) is 0 Å². The second-order valence-corrected chi connectivity index (χ2v) is 7.08. The van der Waals surface area contributed by atoms with Crippen molar-refractivity contribution in [3.05, 3.63) is 35.4 Å². The van der Waals surface area contributed by atoms with Crippen LogP contribution in [0.25, 0.3) is 0 Å². The number of alkyl halides is 3. The third-order valence-corrected chi connectivity index (χ3v) is 5.19. The Kier molecular flexibility index (Phi) is 9.66. The van der Waals surface area contributed by atoms with E-state index < -0.39 is 17.5 Å². The van der Waals surface area contributed by atoms with Gasteiger partial charge in [-0.2, -0.15) is 13.2 Å². The summed E-state index contributed by atoms with van der Waals surface area (Å²) in [5.74, 6) is -0.815. The fraction of sp³-hybridized carbons (Fsp3) is 0.714. The van der Waals surface area contributed by atoms with Gasteiger partial charge in [0, 0.05) is 20.1 Å². The molecule has 0 aliphatic carbocycles. The lowest BCUT2D eigenvalue weighted by Crippen LogP contribution is -2.40. The van der Waals surface area contributed by atoms with Gasteiger partial charge in [-0.15, -0.1) is 0 Å². The minimum atomic E-state index is -4.32. The molecule has 1 atom stereocenters. The van der Waals surface area contributed by atoms with E-state index in [2.05, 4.69) is 6.92 Å². The molecule has 2 nitrogen and oxygen atoms in total. The molecule has 0 spiro atoms. The minimum Gasteiger partial charge on any atom is -0.353 e. The summed E-state index contributed by atoms with van der Waals surface area (Å²) >= 11 is 0. The van der Waals surface area contributed by atoms with Crippen LogP contribution in [0.15, 0.2) is 24.3 Å². The maximum absolute atomic E-state index is 13.0. The van der Waals surface area contributed by atoms with E-state index in [-0.39, 0.29) is 5.92 Å². The highest BCUT2D eigenvalue weighted by molar-refractivity contribution is 5.26. The Hall–Kier alpha value is -1.07. The predicted molar refractivity (Wildman–Crippen MR) is 99.1 cm³/mol. The molecule has 0 radical (unpaired) electrons. The zero-order valence-electron chi connectivity index (χ0n) is 16.5. The number of halogens is 3. The van der Waals surface area contributed by atoms with Crippen LogP contribution in [0.5, 0.6) is 0 Å². The van der Waals surface area contributed by atoms with Crippen molar-refractivity contribution in [2.45, 2.75) is 77.2 Å². The van der Waals surface area contributed by atoms with Crippen LogP contribution in [0.2, 0.25) is 0 Å². The van der Waals surface area contributed by atoms with Gasteiger partial charge in [0.25, 0.3) is 0 Å². The van der Waals surface area contributed by atoms with E-state index in [1.807, 2.05) is 6.92 Å². The smallest absolute Gasteiger partial charge is 0.353 e. The Balaban J connectivity index is 2.79. The van der Waals surface area contributed by atoms with Crippen molar-refractivity contribution in [3.63, 3.8) is 0 Å². The van der Waals surface area contributed by atoms with Gasteiger partial charge in [0.15, 0.2) is 5.79 Å². The number of methoxy groups -OCH3 is 2. The summed E-state index contributed by atoms with van der Waals surface area (Å²) in [6.07, 6.45) is 4.08. The molecule has 0 saturated heterocycles. The molecule has 1 aromatic carbocycles. The first-order valence-corrected chi connectivity index (χ1v) is 9.53. The summed E-state index contributed by atoms with van der Waals surface area (Å²) in [5.41, 5.74) is 0.0565. The zero-order chi connectivity index (χ0) is 19.6. The van der Waals surface area contributed by atoms with Crippen molar-refractivity contribution >= 4 is 0 Å². The molecular formula is C21H33F3O2. The predicted octanol–water partition coefficient (Wildman–Crippen LogP) is 6.62. The van der Waals surface area contributed by atoms with Crippen LogP contribution < -0.4 is 0 Å². The highest BCUT2D eigenvalue weighted by Gasteiger charge is 2.35. The van der Waals surface area contributed by atoms with Crippen molar-refractivity contribution in [1.29, 1.82) is 0 Å². The van der Waals surface area contributed by atoms with Crippen molar-refractivity contribution < 1.29 is 22.6 Å². The van der Waals surface area contributed by atoms with Gasteiger partial charge in [-0.1, -0.05) is 63.6 Å². The maximum atomic E-state index is 13.0. The second kappa shape index (κ2) is 10.9. The van der Waals surface area contributed by atoms with Crippen LogP contribution >= 0.6 is 0 Å². The van der Waals surface area contributed by atoms with Gasteiger partial charge in [0.2, 0.25) is 0 Å². The molecule has 0 amide bonds. The lowest BCUT2D eigenvalue weighted by atomic mass is 9.86. The van der Waals surface area contributed by atoms with Crippen LogP contribution in [0.3, 0.4) is 0 Å². The van der Waals surface area contributed by atoms with E-state index in [9.17, 15) is 13.2 Å². The summed E-state index contributed by atoms with van der Waals surface area (Å²) in [5, 5.41) is 0. The highest BCUT2D eigenvalue weighted by atomic mass is 19.4. The average Bonchev–Trinajstić information content (AvgIpc) is 2.62. The van der Waals surface area contributed by atoms with Gasteiger partial charge in [-0.25, -0.2) is 0 Å². The fourth-order valence-electron chi connectivity index (χ4n) is 3.30. The van der Waals surface area contributed by atoms with Crippen LogP contribution in [0, 0.1) is 5.92 Å². The number of rotatable bonds is 12. The molecule has 5 heteroatoms. The van der Waals surface area contributed by atoms with Crippen LogP contribution in [-0.2, 0) is 22.1 Å². The first-order chi connectivity index (χ1) is 12.3. The summed E-state index contributed by atoms with van der Waals surface area (Å²) in [7, 11) is 3.17. The quantitative estimate of drug-likeness (QED) is 0.302. The largest absolute Gasteiger partial charge is 0.416 e. The van der Waals surface area contributed by atoms with Crippen LogP contribution in [0.1, 0.15) is 69.9 Å². The van der Waals surface area contributed by atoms with Crippen molar-refractivity contribution in [2.24, 2.45) is 5.92 Å². The Morgan fingerprint density at radius 1 is 0.962 bits per heavy atom. The third kappa shape index (κ3) is 7.28. The van der Waals surface area contributed by atoms with E-state index in [1.165, 1.54) is 37.8 Å². The summed E-state index contributed by atoms with van der Waals surface area (Å²) in [6, 6.07) is 5.56. The van der Waals surface area contributed by atoms with Crippen LogP contribution in [-0.4, -0.2) is 20.0 Å².